The van der Waals surface area contributed by atoms with Crippen molar-refractivity contribution in [1.29, 1.82) is 0 Å². The van der Waals surface area contributed by atoms with Gasteiger partial charge in [0.15, 0.2) is 0 Å². The minimum absolute atomic E-state index is 0.767. The highest BCUT2D eigenvalue weighted by molar-refractivity contribution is 6.31. The van der Waals surface area contributed by atoms with Gasteiger partial charge in [0.1, 0.15) is 0 Å². The fourth-order valence-corrected chi connectivity index (χ4v) is 1.24. The van der Waals surface area contributed by atoms with Gasteiger partial charge in [0, 0.05) is 10.6 Å². The van der Waals surface area contributed by atoms with Gasteiger partial charge in [-0.25, -0.2) is 0 Å². The summed E-state index contributed by atoms with van der Waals surface area (Å²) in [6.07, 6.45) is 6.15. The molecule has 1 aromatic rings. The molecular weight excluding hydrogens is 156 g/mol. The van der Waals surface area contributed by atoms with Crippen molar-refractivity contribution in [1.82, 2.24) is 0 Å². The van der Waals surface area contributed by atoms with Crippen LogP contribution in [-0.2, 0) is 6.42 Å². The molecule has 0 saturated carbocycles. The Kier molecular flexibility index (Phi) is 2.57. The average Bonchev–Trinajstić information content (AvgIpc) is 2.04. The van der Waals surface area contributed by atoms with Crippen molar-refractivity contribution in [2.75, 3.05) is 0 Å². The summed E-state index contributed by atoms with van der Waals surface area (Å²) in [7, 11) is 0. The first-order valence-corrected chi connectivity index (χ1v) is 3.90. The Hall–Kier alpha value is -0.930. The van der Waals surface area contributed by atoms with E-state index in [4.69, 9.17) is 18.0 Å². The van der Waals surface area contributed by atoms with E-state index >= 15 is 0 Å². The van der Waals surface area contributed by atoms with Gasteiger partial charge < -0.3 is 0 Å². The molecular formula is C10H9Cl. The van der Waals surface area contributed by atoms with E-state index in [1.165, 1.54) is 0 Å². The van der Waals surface area contributed by atoms with Gasteiger partial charge in [0.2, 0.25) is 0 Å². The highest BCUT2D eigenvalue weighted by Gasteiger charge is 1.96. The summed E-state index contributed by atoms with van der Waals surface area (Å²) in [5.41, 5.74) is 1.98. The van der Waals surface area contributed by atoms with Crippen molar-refractivity contribution in [2.24, 2.45) is 0 Å². The van der Waals surface area contributed by atoms with Crippen molar-refractivity contribution in [3.8, 4) is 12.3 Å². The molecule has 0 nitrogen and oxygen atoms in total. The SMILES string of the molecule is C#Cc1ccc(CC)c(Cl)c1. The van der Waals surface area contributed by atoms with E-state index in [-0.39, 0.29) is 0 Å². The summed E-state index contributed by atoms with van der Waals surface area (Å²) in [6, 6.07) is 5.70. The van der Waals surface area contributed by atoms with Crippen LogP contribution in [0.5, 0.6) is 0 Å². The second kappa shape index (κ2) is 3.46. The van der Waals surface area contributed by atoms with Crippen LogP contribution in [0.3, 0.4) is 0 Å². The van der Waals surface area contributed by atoms with Gasteiger partial charge in [-0.2, -0.15) is 0 Å². The molecule has 0 amide bonds. The normalized spacial score (nSPS) is 9.18. The second-order valence-electron chi connectivity index (χ2n) is 2.30. The minimum Gasteiger partial charge on any atom is -0.115 e. The van der Waals surface area contributed by atoms with Crippen LogP contribution in [0, 0.1) is 12.3 Å². The predicted octanol–water partition coefficient (Wildman–Crippen LogP) is 2.88. The molecule has 0 radical (unpaired) electrons. The Morgan fingerprint density at radius 3 is 2.73 bits per heavy atom. The summed E-state index contributed by atoms with van der Waals surface area (Å²) in [5.74, 6) is 2.53. The number of aryl methyl sites for hydroxylation is 1. The highest BCUT2D eigenvalue weighted by Crippen LogP contribution is 2.17. The first-order valence-electron chi connectivity index (χ1n) is 3.53. The van der Waals surface area contributed by atoms with Crippen molar-refractivity contribution in [2.45, 2.75) is 13.3 Å². The second-order valence-corrected chi connectivity index (χ2v) is 2.71. The Bertz CT molecular complexity index is 294. The van der Waals surface area contributed by atoms with E-state index < -0.39 is 0 Å². The van der Waals surface area contributed by atoms with Gasteiger partial charge >= 0.3 is 0 Å². The standard InChI is InChI=1S/C10H9Cl/c1-3-8-5-6-9(4-2)10(11)7-8/h1,5-7H,4H2,2H3. The zero-order chi connectivity index (χ0) is 8.27. The number of hydrogen-bond acceptors (Lipinski definition) is 0. The van der Waals surface area contributed by atoms with E-state index in [0.717, 1.165) is 22.6 Å². The Morgan fingerprint density at radius 1 is 1.55 bits per heavy atom. The largest absolute Gasteiger partial charge is 0.115 e. The lowest BCUT2D eigenvalue weighted by Gasteiger charge is -1.99. The van der Waals surface area contributed by atoms with Crippen molar-refractivity contribution >= 4 is 11.6 Å². The summed E-state index contributed by atoms with van der Waals surface area (Å²) in [5, 5.41) is 0.767. The molecule has 0 aliphatic rings. The van der Waals surface area contributed by atoms with Crippen molar-refractivity contribution in [3.05, 3.63) is 34.3 Å². The van der Waals surface area contributed by atoms with E-state index in [0.29, 0.717) is 0 Å². The van der Waals surface area contributed by atoms with Gasteiger partial charge in [-0.3, -0.25) is 0 Å². The quantitative estimate of drug-likeness (QED) is 0.560. The lowest BCUT2D eigenvalue weighted by Crippen LogP contribution is -1.82. The lowest BCUT2D eigenvalue weighted by molar-refractivity contribution is 1.14. The van der Waals surface area contributed by atoms with Crippen LogP contribution in [0.1, 0.15) is 18.1 Å². The van der Waals surface area contributed by atoms with Crippen molar-refractivity contribution < 1.29 is 0 Å². The molecule has 0 unspecified atom stereocenters. The van der Waals surface area contributed by atoms with Crippen LogP contribution in [0.15, 0.2) is 18.2 Å². The third kappa shape index (κ3) is 1.76. The van der Waals surface area contributed by atoms with Gasteiger partial charge in [-0.1, -0.05) is 30.5 Å². The molecule has 0 N–H and O–H groups in total. The summed E-state index contributed by atoms with van der Waals surface area (Å²) >= 11 is 5.91. The van der Waals surface area contributed by atoms with Crippen molar-refractivity contribution in [3.63, 3.8) is 0 Å². The molecule has 56 valence electrons. The molecule has 0 atom stereocenters. The smallest absolute Gasteiger partial charge is 0.0450 e. The monoisotopic (exact) mass is 164 g/mol. The minimum atomic E-state index is 0.767. The molecule has 0 aliphatic heterocycles. The predicted molar refractivity (Wildman–Crippen MR) is 48.8 cm³/mol. The topological polar surface area (TPSA) is 0 Å². The molecule has 0 aromatic heterocycles. The van der Waals surface area contributed by atoms with E-state index in [9.17, 15) is 0 Å². The zero-order valence-electron chi connectivity index (χ0n) is 6.39. The van der Waals surface area contributed by atoms with Gasteiger partial charge in [-0.15, -0.1) is 6.42 Å². The van der Waals surface area contributed by atoms with Gasteiger partial charge in [0.25, 0.3) is 0 Å². The summed E-state index contributed by atoms with van der Waals surface area (Å²) < 4.78 is 0. The summed E-state index contributed by atoms with van der Waals surface area (Å²) in [6.45, 7) is 2.07. The van der Waals surface area contributed by atoms with Crippen LogP contribution in [0.25, 0.3) is 0 Å². The first-order chi connectivity index (χ1) is 5.27. The maximum atomic E-state index is 5.91. The Labute approximate surface area is 72.2 Å². The molecule has 0 aliphatic carbocycles. The van der Waals surface area contributed by atoms with Gasteiger partial charge in [0.05, 0.1) is 0 Å². The molecule has 1 rings (SSSR count). The van der Waals surface area contributed by atoms with E-state index in [2.05, 4.69) is 12.8 Å². The highest BCUT2D eigenvalue weighted by atomic mass is 35.5. The van der Waals surface area contributed by atoms with Crippen LogP contribution in [-0.4, -0.2) is 0 Å². The number of hydrogen-bond donors (Lipinski definition) is 0. The number of rotatable bonds is 1. The van der Waals surface area contributed by atoms with Crippen LogP contribution < -0.4 is 0 Å². The lowest BCUT2D eigenvalue weighted by atomic mass is 10.1. The molecule has 0 heterocycles. The number of benzene rings is 1. The molecule has 0 saturated heterocycles. The van der Waals surface area contributed by atoms with E-state index in [1.807, 2.05) is 18.2 Å². The van der Waals surface area contributed by atoms with Gasteiger partial charge in [-0.05, 0) is 24.1 Å². The number of halogens is 1. The average molecular weight is 165 g/mol. The zero-order valence-corrected chi connectivity index (χ0v) is 7.15. The Morgan fingerprint density at radius 2 is 2.27 bits per heavy atom. The third-order valence-corrected chi connectivity index (χ3v) is 1.95. The van der Waals surface area contributed by atoms with E-state index in [1.54, 1.807) is 0 Å². The van der Waals surface area contributed by atoms with Crippen LogP contribution >= 0.6 is 11.6 Å². The molecule has 0 spiro atoms. The number of terminal acetylenes is 1. The maximum Gasteiger partial charge on any atom is 0.0450 e. The van der Waals surface area contributed by atoms with Crippen LogP contribution in [0.4, 0.5) is 0 Å². The maximum absolute atomic E-state index is 5.91. The molecule has 0 bridgehead atoms. The third-order valence-electron chi connectivity index (χ3n) is 1.60. The Balaban J connectivity index is 3.12. The fraction of sp³-hybridized carbons (Fsp3) is 0.200. The molecule has 1 aromatic carbocycles. The molecule has 11 heavy (non-hydrogen) atoms. The summed E-state index contributed by atoms with van der Waals surface area (Å²) in [4.78, 5) is 0. The first kappa shape index (κ1) is 8.17. The molecule has 0 fully saturated rings. The molecule has 1 heteroatoms. The van der Waals surface area contributed by atoms with Crippen LogP contribution in [0.2, 0.25) is 5.02 Å². The fourth-order valence-electron chi connectivity index (χ4n) is 0.924.